The maximum absolute atomic E-state index is 12.8. The van der Waals surface area contributed by atoms with Crippen molar-refractivity contribution in [3.05, 3.63) is 29.3 Å². The summed E-state index contributed by atoms with van der Waals surface area (Å²) in [7, 11) is 0. The summed E-state index contributed by atoms with van der Waals surface area (Å²) in [6.45, 7) is 12.8. The van der Waals surface area contributed by atoms with Crippen LogP contribution in [-0.4, -0.2) is 86.1 Å². The summed E-state index contributed by atoms with van der Waals surface area (Å²) in [6, 6.07) is 8.18. The van der Waals surface area contributed by atoms with Gasteiger partial charge in [-0.25, -0.2) is 0 Å². The molecule has 5 nitrogen and oxygen atoms in total. The van der Waals surface area contributed by atoms with Crippen molar-refractivity contribution in [3.8, 4) is 0 Å². The van der Waals surface area contributed by atoms with Crippen LogP contribution in [0.3, 0.4) is 0 Å². The SMILES string of the molecule is CCCN1CCC2(CCN(CCCN3CCN(c4cccc(Cl)c4)CC3)C2)C1=O. The van der Waals surface area contributed by atoms with Gasteiger partial charge in [0.05, 0.1) is 5.41 Å². The van der Waals surface area contributed by atoms with Gasteiger partial charge in [-0.05, 0) is 63.5 Å². The molecule has 29 heavy (non-hydrogen) atoms. The second kappa shape index (κ2) is 9.23. The average Bonchev–Trinajstić information content (AvgIpc) is 3.28. The molecule has 0 aliphatic carbocycles. The Kier molecular flexibility index (Phi) is 6.67. The van der Waals surface area contributed by atoms with Gasteiger partial charge in [-0.1, -0.05) is 24.6 Å². The summed E-state index contributed by atoms with van der Waals surface area (Å²) in [5.74, 6) is 0.430. The molecule has 1 atom stereocenters. The molecule has 4 rings (SSSR count). The van der Waals surface area contributed by atoms with Crippen LogP contribution < -0.4 is 4.90 Å². The molecule has 0 radical (unpaired) electrons. The van der Waals surface area contributed by atoms with Crippen molar-refractivity contribution in [2.45, 2.75) is 32.6 Å². The van der Waals surface area contributed by atoms with Crippen molar-refractivity contribution in [1.29, 1.82) is 0 Å². The number of carbonyl (C=O) groups excluding carboxylic acids is 1. The highest BCUT2D eigenvalue weighted by molar-refractivity contribution is 6.30. The number of rotatable bonds is 7. The van der Waals surface area contributed by atoms with E-state index in [0.717, 1.165) is 89.7 Å². The van der Waals surface area contributed by atoms with Gasteiger partial charge < -0.3 is 14.7 Å². The summed E-state index contributed by atoms with van der Waals surface area (Å²) < 4.78 is 0. The van der Waals surface area contributed by atoms with Crippen LogP contribution in [0.4, 0.5) is 5.69 Å². The van der Waals surface area contributed by atoms with Crippen LogP contribution in [0.5, 0.6) is 0 Å². The Morgan fingerprint density at radius 1 is 0.966 bits per heavy atom. The summed E-state index contributed by atoms with van der Waals surface area (Å²) >= 11 is 6.14. The molecule has 6 heteroatoms. The second-order valence-corrected chi connectivity index (χ2v) is 9.45. The lowest BCUT2D eigenvalue weighted by Crippen LogP contribution is -2.47. The van der Waals surface area contributed by atoms with Gasteiger partial charge >= 0.3 is 0 Å². The minimum Gasteiger partial charge on any atom is -0.369 e. The molecule has 3 saturated heterocycles. The predicted molar refractivity (Wildman–Crippen MR) is 120 cm³/mol. The molecule has 1 amide bonds. The number of benzene rings is 1. The van der Waals surface area contributed by atoms with Crippen molar-refractivity contribution in [3.63, 3.8) is 0 Å². The smallest absolute Gasteiger partial charge is 0.230 e. The largest absolute Gasteiger partial charge is 0.369 e. The molecule has 3 aliphatic heterocycles. The lowest BCUT2D eigenvalue weighted by Gasteiger charge is -2.36. The maximum atomic E-state index is 12.8. The fourth-order valence-electron chi connectivity index (χ4n) is 5.32. The van der Waals surface area contributed by atoms with E-state index in [4.69, 9.17) is 11.6 Å². The average molecular weight is 419 g/mol. The molecule has 0 saturated carbocycles. The molecule has 3 aliphatic rings. The van der Waals surface area contributed by atoms with E-state index in [-0.39, 0.29) is 5.41 Å². The number of carbonyl (C=O) groups is 1. The molecule has 1 aromatic carbocycles. The van der Waals surface area contributed by atoms with E-state index in [9.17, 15) is 4.79 Å². The third kappa shape index (κ3) is 4.73. The van der Waals surface area contributed by atoms with E-state index < -0.39 is 0 Å². The Labute approximate surface area is 180 Å². The summed E-state index contributed by atoms with van der Waals surface area (Å²) in [6.07, 6.45) is 4.38. The predicted octanol–water partition coefficient (Wildman–Crippen LogP) is 3.19. The normalized spacial score (nSPS) is 26.2. The van der Waals surface area contributed by atoms with Crippen LogP contribution in [0.15, 0.2) is 24.3 Å². The standard InChI is InChI=1S/C23H35ClN4O/c1-2-9-28-13-8-23(22(28)29)7-12-26(19-23)11-4-10-25-14-16-27(17-15-25)21-6-3-5-20(24)18-21/h3,5-6,18H,2,4,7-17,19H2,1H3. The van der Waals surface area contributed by atoms with E-state index in [1.807, 2.05) is 12.1 Å². The van der Waals surface area contributed by atoms with Crippen LogP contribution >= 0.6 is 11.6 Å². The molecule has 160 valence electrons. The van der Waals surface area contributed by atoms with E-state index >= 15 is 0 Å². The Balaban J connectivity index is 1.17. The number of likely N-dealkylation sites (tertiary alicyclic amines) is 2. The highest BCUT2D eigenvalue weighted by atomic mass is 35.5. The number of hydrogen-bond acceptors (Lipinski definition) is 4. The van der Waals surface area contributed by atoms with Crippen LogP contribution in [-0.2, 0) is 4.79 Å². The van der Waals surface area contributed by atoms with Crippen LogP contribution in [0, 0.1) is 5.41 Å². The van der Waals surface area contributed by atoms with Gasteiger partial charge in [-0.3, -0.25) is 9.69 Å². The third-order valence-corrected chi connectivity index (χ3v) is 7.26. The molecule has 1 aromatic rings. The van der Waals surface area contributed by atoms with E-state index in [1.165, 1.54) is 12.1 Å². The van der Waals surface area contributed by atoms with Gasteiger partial charge in [-0.15, -0.1) is 0 Å². The summed E-state index contributed by atoms with van der Waals surface area (Å²) in [5.41, 5.74) is 1.18. The van der Waals surface area contributed by atoms with Crippen molar-refractivity contribution in [2.24, 2.45) is 5.41 Å². The van der Waals surface area contributed by atoms with Gasteiger partial charge in [0.15, 0.2) is 0 Å². The molecule has 3 heterocycles. The van der Waals surface area contributed by atoms with Gasteiger partial charge in [0.2, 0.25) is 5.91 Å². The maximum Gasteiger partial charge on any atom is 0.230 e. The zero-order chi connectivity index (χ0) is 20.3. The minimum absolute atomic E-state index is 0.0578. The lowest BCUT2D eigenvalue weighted by atomic mass is 9.85. The van der Waals surface area contributed by atoms with Gasteiger partial charge in [0.25, 0.3) is 0 Å². The highest BCUT2D eigenvalue weighted by Gasteiger charge is 2.50. The number of halogens is 1. The number of hydrogen-bond donors (Lipinski definition) is 0. The Bertz CT molecular complexity index is 706. The molecule has 1 unspecified atom stereocenters. The second-order valence-electron chi connectivity index (χ2n) is 9.01. The topological polar surface area (TPSA) is 30.0 Å². The number of nitrogens with zero attached hydrogens (tertiary/aromatic N) is 4. The molecule has 0 bridgehead atoms. The minimum atomic E-state index is -0.0578. The summed E-state index contributed by atoms with van der Waals surface area (Å²) in [5, 5.41) is 0.812. The van der Waals surface area contributed by atoms with Gasteiger partial charge in [-0.2, -0.15) is 0 Å². The van der Waals surface area contributed by atoms with E-state index in [1.54, 1.807) is 0 Å². The molecular weight excluding hydrogens is 384 g/mol. The molecule has 3 fully saturated rings. The molecule has 0 N–H and O–H groups in total. The number of amides is 1. The zero-order valence-electron chi connectivity index (χ0n) is 17.8. The highest BCUT2D eigenvalue weighted by Crippen LogP contribution is 2.40. The quantitative estimate of drug-likeness (QED) is 0.680. The Morgan fingerprint density at radius 3 is 2.48 bits per heavy atom. The fourth-order valence-corrected chi connectivity index (χ4v) is 5.51. The van der Waals surface area contributed by atoms with Crippen molar-refractivity contribution in [1.82, 2.24) is 14.7 Å². The van der Waals surface area contributed by atoms with E-state index in [0.29, 0.717) is 5.91 Å². The van der Waals surface area contributed by atoms with Crippen molar-refractivity contribution in [2.75, 3.05) is 70.3 Å². The first-order chi connectivity index (χ1) is 14.1. The van der Waals surface area contributed by atoms with Crippen LogP contribution in [0.25, 0.3) is 0 Å². The van der Waals surface area contributed by atoms with Crippen molar-refractivity contribution >= 4 is 23.2 Å². The van der Waals surface area contributed by atoms with E-state index in [2.05, 4.69) is 38.7 Å². The van der Waals surface area contributed by atoms with Crippen LogP contribution in [0.1, 0.15) is 32.6 Å². The first kappa shape index (κ1) is 21.0. The van der Waals surface area contributed by atoms with Crippen molar-refractivity contribution < 1.29 is 4.79 Å². The molecule has 1 spiro atoms. The van der Waals surface area contributed by atoms with Gasteiger partial charge in [0, 0.05) is 56.5 Å². The Morgan fingerprint density at radius 2 is 1.72 bits per heavy atom. The lowest BCUT2D eigenvalue weighted by molar-refractivity contribution is -0.135. The number of anilines is 1. The fraction of sp³-hybridized carbons (Fsp3) is 0.696. The van der Waals surface area contributed by atoms with Gasteiger partial charge in [0.1, 0.15) is 0 Å². The first-order valence-electron chi connectivity index (χ1n) is 11.3. The Hall–Kier alpha value is -1.30. The van der Waals surface area contributed by atoms with Crippen LogP contribution in [0.2, 0.25) is 5.02 Å². The molecule has 0 aromatic heterocycles. The third-order valence-electron chi connectivity index (χ3n) is 7.02. The number of piperazine rings is 1. The summed E-state index contributed by atoms with van der Waals surface area (Å²) in [4.78, 5) is 22.5. The molecular formula is C23H35ClN4O. The zero-order valence-corrected chi connectivity index (χ0v) is 18.5. The monoisotopic (exact) mass is 418 g/mol. The first-order valence-corrected chi connectivity index (χ1v) is 11.7.